The minimum absolute atomic E-state index is 0.207. The van der Waals surface area contributed by atoms with Crippen molar-refractivity contribution in [2.75, 3.05) is 13.1 Å². The van der Waals surface area contributed by atoms with Gasteiger partial charge in [0.15, 0.2) is 0 Å². The molecule has 0 radical (unpaired) electrons. The molecule has 1 aromatic rings. The Hall–Kier alpha value is -1.66. The first-order valence-corrected chi connectivity index (χ1v) is 13.2. The highest BCUT2D eigenvalue weighted by Gasteiger charge is 2.58. The van der Waals surface area contributed by atoms with Crippen LogP contribution in [0.4, 0.5) is 0 Å². The van der Waals surface area contributed by atoms with E-state index in [1.165, 1.54) is 17.5 Å². The van der Waals surface area contributed by atoms with Gasteiger partial charge in [-0.1, -0.05) is 25.1 Å². The van der Waals surface area contributed by atoms with Crippen LogP contribution in [0.15, 0.2) is 18.2 Å². The first-order valence-electron chi connectivity index (χ1n) is 13.2. The molecule has 0 bridgehead atoms. The number of benzene rings is 1. The highest BCUT2D eigenvalue weighted by molar-refractivity contribution is 6.58. The standard InChI is InChI=1S/C27H38BNO4/c1-27-13-12-22-21-11-9-20(28(32)33)16-18(21)8-10-23(22)26(27)19(17-24(27)30)6-5-7-25(31)29-14-3-2-4-15-29/h9,11,16,19,22-23,26,32-33H,2-8,10,12-15,17H2,1H3/t19-,22+,23+,26-,27+/m0/s1. The van der Waals surface area contributed by atoms with Crippen LogP contribution in [0.1, 0.15) is 88.2 Å². The number of ketones is 1. The third-order valence-electron chi connectivity index (χ3n) is 9.57. The van der Waals surface area contributed by atoms with Crippen LogP contribution in [0.3, 0.4) is 0 Å². The summed E-state index contributed by atoms with van der Waals surface area (Å²) < 4.78 is 0. The Morgan fingerprint density at radius 2 is 1.97 bits per heavy atom. The van der Waals surface area contributed by atoms with E-state index in [-0.39, 0.29) is 5.41 Å². The summed E-state index contributed by atoms with van der Waals surface area (Å²) in [5.74, 6) is 2.52. The van der Waals surface area contributed by atoms with E-state index in [9.17, 15) is 19.6 Å². The Morgan fingerprint density at radius 3 is 2.73 bits per heavy atom. The quantitative estimate of drug-likeness (QED) is 0.675. The SMILES string of the molecule is C[C@]12CC[C@@H]3c4ccc(B(O)O)cc4CC[C@H]3[C@@H]1[C@@H](CCCC(=O)N1CCCCC1)CC2=O. The topological polar surface area (TPSA) is 77.8 Å². The van der Waals surface area contributed by atoms with Gasteiger partial charge in [-0.15, -0.1) is 0 Å². The zero-order valence-corrected chi connectivity index (χ0v) is 20.0. The van der Waals surface area contributed by atoms with Gasteiger partial charge in [-0.25, -0.2) is 0 Å². The van der Waals surface area contributed by atoms with Crippen molar-refractivity contribution in [2.24, 2.45) is 23.2 Å². The number of fused-ring (bicyclic) bond motifs is 5. The van der Waals surface area contributed by atoms with E-state index < -0.39 is 7.12 Å². The van der Waals surface area contributed by atoms with Gasteiger partial charge < -0.3 is 14.9 Å². The summed E-state index contributed by atoms with van der Waals surface area (Å²) in [6.45, 7) is 4.05. The number of hydrogen-bond donors (Lipinski definition) is 2. The minimum Gasteiger partial charge on any atom is -0.423 e. The van der Waals surface area contributed by atoms with Crippen LogP contribution in [-0.2, 0) is 16.0 Å². The van der Waals surface area contributed by atoms with Gasteiger partial charge in [0.2, 0.25) is 5.91 Å². The van der Waals surface area contributed by atoms with Crippen LogP contribution in [0.5, 0.6) is 0 Å². The summed E-state index contributed by atoms with van der Waals surface area (Å²) >= 11 is 0. The van der Waals surface area contributed by atoms with E-state index in [4.69, 9.17) is 0 Å². The van der Waals surface area contributed by atoms with E-state index >= 15 is 0 Å². The zero-order chi connectivity index (χ0) is 23.2. The molecule has 178 valence electrons. The molecule has 5 atom stereocenters. The molecule has 1 aromatic carbocycles. The molecule has 6 heteroatoms. The van der Waals surface area contributed by atoms with Crippen LogP contribution in [-0.4, -0.2) is 46.8 Å². The first-order chi connectivity index (χ1) is 15.9. The molecule has 33 heavy (non-hydrogen) atoms. The Morgan fingerprint density at radius 1 is 1.18 bits per heavy atom. The van der Waals surface area contributed by atoms with E-state index in [0.29, 0.717) is 53.7 Å². The summed E-state index contributed by atoms with van der Waals surface area (Å²) in [5, 5.41) is 19.1. The minimum atomic E-state index is -1.42. The van der Waals surface area contributed by atoms with Gasteiger partial charge in [-0.05, 0) is 98.0 Å². The fourth-order valence-electron chi connectivity index (χ4n) is 7.90. The normalized spacial score (nSPS) is 33.3. The smallest absolute Gasteiger partial charge is 0.423 e. The molecule has 1 heterocycles. The lowest BCUT2D eigenvalue weighted by atomic mass is 9.53. The first kappa shape index (κ1) is 23.1. The number of piperidine rings is 1. The number of likely N-dealkylation sites (tertiary alicyclic amines) is 1. The lowest BCUT2D eigenvalue weighted by Crippen LogP contribution is -2.44. The average molecular weight is 451 g/mol. The number of rotatable bonds is 5. The third kappa shape index (κ3) is 4.18. The van der Waals surface area contributed by atoms with Crippen molar-refractivity contribution in [1.82, 2.24) is 4.90 Å². The average Bonchev–Trinajstić information content (AvgIpc) is 3.08. The molecule has 0 unspecified atom stereocenters. The third-order valence-corrected chi connectivity index (χ3v) is 9.57. The van der Waals surface area contributed by atoms with Crippen molar-refractivity contribution in [3.05, 3.63) is 29.3 Å². The van der Waals surface area contributed by atoms with E-state index in [2.05, 4.69) is 13.0 Å². The Balaban J connectivity index is 1.29. The summed E-state index contributed by atoms with van der Waals surface area (Å²) in [4.78, 5) is 27.9. The van der Waals surface area contributed by atoms with Gasteiger partial charge in [0, 0.05) is 31.3 Å². The van der Waals surface area contributed by atoms with Crippen molar-refractivity contribution >= 4 is 24.3 Å². The van der Waals surface area contributed by atoms with Crippen LogP contribution >= 0.6 is 0 Å². The molecule has 2 N–H and O–H groups in total. The largest absolute Gasteiger partial charge is 0.488 e. The van der Waals surface area contributed by atoms with E-state index in [0.717, 1.165) is 64.5 Å². The second-order valence-corrected chi connectivity index (χ2v) is 11.3. The van der Waals surface area contributed by atoms with Gasteiger partial charge in [-0.2, -0.15) is 0 Å². The lowest BCUT2D eigenvalue weighted by Gasteiger charge is -2.50. The van der Waals surface area contributed by atoms with Crippen LogP contribution < -0.4 is 5.46 Å². The maximum atomic E-state index is 13.2. The molecule has 5 nitrogen and oxygen atoms in total. The Kier molecular flexibility index (Phi) is 6.43. The molecule has 5 rings (SSSR count). The van der Waals surface area contributed by atoms with Gasteiger partial charge in [-0.3, -0.25) is 9.59 Å². The van der Waals surface area contributed by atoms with Gasteiger partial charge in [0.25, 0.3) is 0 Å². The van der Waals surface area contributed by atoms with Gasteiger partial charge in [0.1, 0.15) is 5.78 Å². The van der Waals surface area contributed by atoms with E-state index in [1.807, 2.05) is 17.0 Å². The molecule has 3 fully saturated rings. The number of carbonyl (C=O) groups excluding carboxylic acids is 2. The molecular weight excluding hydrogens is 413 g/mol. The summed E-state index contributed by atoms with van der Waals surface area (Å²) in [6.07, 6.45) is 10.7. The predicted octanol–water partition coefficient (Wildman–Crippen LogP) is 3.20. The Labute approximate surface area is 198 Å². The molecular formula is C27H38BNO4. The number of hydrogen-bond acceptors (Lipinski definition) is 4. The Bertz CT molecular complexity index is 911. The number of carbonyl (C=O) groups is 2. The maximum absolute atomic E-state index is 13.2. The summed E-state index contributed by atoms with van der Waals surface area (Å²) in [7, 11) is -1.42. The number of Topliss-reactive ketones (excluding diaryl/α,β-unsaturated/α-hetero) is 1. The summed E-state index contributed by atoms with van der Waals surface area (Å²) in [5.41, 5.74) is 2.97. The van der Waals surface area contributed by atoms with Crippen molar-refractivity contribution in [3.63, 3.8) is 0 Å². The van der Waals surface area contributed by atoms with Crippen molar-refractivity contribution < 1.29 is 19.6 Å². The molecule has 0 aromatic heterocycles. The van der Waals surface area contributed by atoms with Gasteiger partial charge >= 0.3 is 7.12 Å². The van der Waals surface area contributed by atoms with Crippen LogP contribution in [0.2, 0.25) is 0 Å². The van der Waals surface area contributed by atoms with Crippen molar-refractivity contribution in [1.29, 1.82) is 0 Å². The molecule has 4 aliphatic rings. The second-order valence-electron chi connectivity index (χ2n) is 11.3. The molecule has 2 saturated carbocycles. The second kappa shape index (κ2) is 9.18. The highest BCUT2D eigenvalue weighted by Crippen LogP contribution is 2.62. The number of amides is 1. The monoisotopic (exact) mass is 451 g/mol. The number of aryl methyl sites for hydroxylation is 1. The molecule has 0 spiro atoms. The van der Waals surface area contributed by atoms with Crippen molar-refractivity contribution in [2.45, 2.75) is 83.5 Å². The lowest BCUT2D eigenvalue weighted by molar-refractivity contribution is -0.132. The van der Waals surface area contributed by atoms with Crippen molar-refractivity contribution in [3.8, 4) is 0 Å². The molecule has 3 aliphatic carbocycles. The zero-order valence-electron chi connectivity index (χ0n) is 20.0. The fraction of sp³-hybridized carbons (Fsp3) is 0.704. The van der Waals surface area contributed by atoms with Crippen LogP contribution in [0, 0.1) is 23.2 Å². The summed E-state index contributed by atoms with van der Waals surface area (Å²) in [6, 6.07) is 5.92. The van der Waals surface area contributed by atoms with Crippen LogP contribution in [0.25, 0.3) is 0 Å². The molecule has 1 amide bonds. The fourth-order valence-corrected chi connectivity index (χ4v) is 7.90. The maximum Gasteiger partial charge on any atom is 0.488 e. The van der Waals surface area contributed by atoms with Gasteiger partial charge in [0.05, 0.1) is 0 Å². The van der Waals surface area contributed by atoms with E-state index in [1.54, 1.807) is 0 Å². The highest BCUT2D eigenvalue weighted by atomic mass is 16.4. The number of nitrogens with zero attached hydrogens (tertiary/aromatic N) is 1. The molecule has 1 aliphatic heterocycles. The predicted molar refractivity (Wildman–Crippen MR) is 129 cm³/mol. The molecule has 1 saturated heterocycles.